The van der Waals surface area contributed by atoms with E-state index in [0.717, 1.165) is 38.0 Å². The standard InChI is InChI=1S/C15H29NO/c1-4-10-16-11-15(5-2)17-12-14-9-7-6-8-13(14)3/h6-7,13-16H,4-5,8-12H2,1-3H3. The van der Waals surface area contributed by atoms with Crippen molar-refractivity contribution < 1.29 is 4.74 Å². The molecule has 0 fully saturated rings. The van der Waals surface area contributed by atoms with Gasteiger partial charge in [0.1, 0.15) is 0 Å². The normalized spacial score (nSPS) is 26.1. The van der Waals surface area contributed by atoms with E-state index in [1.54, 1.807) is 0 Å². The number of allylic oxidation sites excluding steroid dienone is 2. The van der Waals surface area contributed by atoms with Gasteiger partial charge >= 0.3 is 0 Å². The Bertz CT molecular complexity index is 215. The molecule has 0 bridgehead atoms. The molecule has 0 aliphatic heterocycles. The molecule has 0 aromatic rings. The second kappa shape index (κ2) is 8.71. The molecule has 3 unspecified atom stereocenters. The highest BCUT2D eigenvalue weighted by molar-refractivity contribution is 4.93. The Kier molecular flexibility index (Phi) is 7.54. The molecule has 0 radical (unpaired) electrons. The Balaban J connectivity index is 2.19. The topological polar surface area (TPSA) is 21.3 Å². The zero-order valence-electron chi connectivity index (χ0n) is 11.7. The fraction of sp³-hybridized carbons (Fsp3) is 0.867. The highest BCUT2D eigenvalue weighted by Gasteiger charge is 2.19. The predicted octanol–water partition coefficient (Wildman–Crippen LogP) is 3.38. The van der Waals surface area contributed by atoms with Crippen molar-refractivity contribution in [3.8, 4) is 0 Å². The zero-order chi connectivity index (χ0) is 12.5. The van der Waals surface area contributed by atoms with Gasteiger partial charge in [0.15, 0.2) is 0 Å². The molecule has 100 valence electrons. The lowest BCUT2D eigenvalue weighted by atomic mass is 9.85. The van der Waals surface area contributed by atoms with Gasteiger partial charge in [-0.1, -0.05) is 32.9 Å². The molecule has 1 aliphatic rings. The maximum absolute atomic E-state index is 6.05. The SMILES string of the molecule is CCCNCC(CC)OCC1CC=CCC1C. The van der Waals surface area contributed by atoms with Crippen LogP contribution in [-0.2, 0) is 4.74 Å². The van der Waals surface area contributed by atoms with E-state index >= 15 is 0 Å². The van der Waals surface area contributed by atoms with Crippen LogP contribution >= 0.6 is 0 Å². The van der Waals surface area contributed by atoms with E-state index in [1.165, 1.54) is 19.3 Å². The van der Waals surface area contributed by atoms with Crippen molar-refractivity contribution in [1.82, 2.24) is 5.32 Å². The van der Waals surface area contributed by atoms with Crippen LogP contribution in [0.1, 0.15) is 46.5 Å². The summed E-state index contributed by atoms with van der Waals surface area (Å²) in [6.45, 7) is 9.78. The monoisotopic (exact) mass is 239 g/mol. The summed E-state index contributed by atoms with van der Waals surface area (Å²) >= 11 is 0. The maximum atomic E-state index is 6.05. The van der Waals surface area contributed by atoms with Gasteiger partial charge in [-0.15, -0.1) is 0 Å². The van der Waals surface area contributed by atoms with Gasteiger partial charge in [-0.25, -0.2) is 0 Å². The quantitative estimate of drug-likeness (QED) is 0.518. The first-order chi connectivity index (χ1) is 8.27. The first-order valence-electron chi connectivity index (χ1n) is 7.25. The van der Waals surface area contributed by atoms with Crippen LogP contribution in [0.15, 0.2) is 12.2 Å². The first-order valence-corrected chi connectivity index (χ1v) is 7.25. The van der Waals surface area contributed by atoms with E-state index in [0.29, 0.717) is 6.10 Å². The molecule has 1 N–H and O–H groups in total. The molecule has 1 rings (SSSR count). The Labute approximate surface area is 107 Å². The first kappa shape index (κ1) is 14.7. The second-order valence-corrected chi connectivity index (χ2v) is 5.25. The van der Waals surface area contributed by atoms with Crippen molar-refractivity contribution in [3.05, 3.63) is 12.2 Å². The number of hydrogen-bond donors (Lipinski definition) is 1. The van der Waals surface area contributed by atoms with Crippen molar-refractivity contribution >= 4 is 0 Å². The number of nitrogens with one attached hydrogen (secondary N) is 1. The molecule has 17 heavy (non-hydrogen) atoms. The highest BCUT2D eigenvalue weighted by Crippen LogP contribution is 2.25. The van der Waals surface area contributed by atoms with E-state index in [1.807, 2.05) is 0 Å². The van der Waals surface area contributed by atoms with Crippen LogP contribution in [0.2, 0.25) is 0 Å². The summed E-state index contributed by atoms with van der Waals surface area (Å²) in [5, 5.41) is 3.45. The van der Waals surface area contributed by atoms with Crippen LogP contribution in [0.5, 0.6) is 0 Å². The van der Waals surface area contributed by atoms with Crippen LogP contribution in [0, 0.1) is 11.8 Å². The Morgan fingerprint density at radius 1 is 1.29 bits per heavy atom. The van der Waals surface area contributed by atoms with Gasteiger partial charge in [0.05, 0.1) is 12.7 Å². The van der Waals surface area contributed by atoms with Crippen LogP contribution in [-0.4, -0.2) is 25.8 Å². The summed E-state index contributed by atoms with van der Waals surface area (Å²) in [5.41, 5.74) is 0. The van der Waals surface area contributed by atoms with E-state index < -0.39 is 0 Å². The smallest absolute Gasteiger partial charge is 0.0696 e. The van der Waals surface area contributed by atoms with Crippen LogP contribution in [0.3, 0.4) is 0 Å². The number of ether oxygens (including phenoxy) is 1. The van der Waals surface area contributed by atoms with Crippen molar-refractivity contribution in [2.24, 2.45) is 11.8 Å². The van der Waals surface area contributed by atoms with Crippen LogP contribution in [0.4, 0.5) is 0 Å². The van der Waals surface area contributed by atoms with E-state index in [2.05, 4.69) is 38.2 Å². The summed E-state index contributed by atoms with van der Waals surface area (Å²) < 4.78 is 6.05. The molecule has 2 nitrogen and oxygen atoms in total. The molecular weight excluding hydrogens is 210 g/mol. The van der Waals surface area contributed by atoms with Crippen LogP contribution < -0.4 is 5.32 Å². The minimum Gasteiger partial charge on any atom is -0.377 e. The largest absolute Gasteiger partial charge is 0.377 e. The summed E-state index contributed by atoms with van der Waals surface area (Å²) in [6, 6.07) is 0. The Morgan fingerprint density at radius 2 is 2.06 bits per heavy atom. The predicted molar refractivity (Wildman–Crippen MR) is 74.2 cm³/mol. The van der Waals surface area contributed by atoms with E-state index in [-0.39, 0.29) is 0 Å². The molecule has 0 spiro atoms. The van der Waals surface area contributed by atoms with E-state index in [4.69, 9.17) is 4.74 Å². The van der Waals surface area contributed by atoms with Gasteiger partial charge in [-0.3, -0.25) is 0 Å². The van der Waals surface area contributed by atoms with Gasteiger partial charge in [-0.05, 0) is 44.1 Å². The fourth-order valence-corrected chi connectivity index (χ4v) is 2.26. The lowest BCUT2D eigenvalue weighted by Gasteiger charge is -2.27. The van der Waals surface area contributed by atoms with Gasteiger partial charge in [-0.2, -0.15) is 0 Å². The second-order valence-electron chi connectivity index (χ2n) is 5.25. The van der Waals surface area contributed by atoms with Gasteiger partial charge in [0, 0.05) is 6.54 Å². The number of rotatable bonds is 8. The minimum atomic E-state index is 0.389. The molecule has 0 saturated heterocycles. The third kappa shape index (κ3) is 5.69. The Morgan fingerprint density at radius 3 is 2.71 bits per heavy atom. The lowest BCUT2D eigenvalue weighted by molar-refractivity contribution is 0.0152. The van der Waals surface area contributed by atoms with Crippen molar-refractivity contribution in [2.75, 3.05) is 19.7 Å². The Hall–Kier alpha value is -0.340. The highest BCUT2D eigenvalue weighted by atomic mass is 16.5. The zero-order valence-corrected chi connectivity index (χ0v) is 11.7. The molecule has 2 heteroatoms. The average molecular weight is 239 g/mol. The third-order valence-electron chi connectivity index (χ3n) is 3.72. The van der Waals surface area contributed by atoms with Crippen molar-refractivity contribution in [2.45, 2.75) is 52.6 Å². The van der Waals surface area contributed by atoms with Gasteiger partial charge in [0.2, 0.25) is 0 Å². The molecule has 0 heterocycles. The molecule has 0 amide bonds. The van der Waals surface area contributed by atoms with Crippen LogP contribution in [0.25, 0.3) is 0 Å². The van der Waals surface area contributed by atoms with Gasteiger partial charge < -0.3 is 10.1 Å². The fourth-order valence-electron chi connectivity index (χ4n) is 2.26. The minimum absolute atomic E-state index is 0.389. The maximum Gasteiger partial charge on any atom is 0.0696 e. The average Bonchev–Trinajstić information content (AvgIpc) is 2.35. The summed E-state index contributed by atoms with van der Waals surface area (Å²) in [7, 11) is 0. The summed E-state index contributed by atoms with van der Waals surface area (Å²) in [5.74, 6) is 1.50. The molecule has 1 aliphatic carbocycles. The molecule has 0 aromatic carbocycles. The molecule has 3 atom stereocenters. The van der Waals surface area contributed by atoms with Gasteiger partial charge in [0.25, 0.3) is 0 Å². The summed E-state index contributed by atoms with van der Waals surface area (Å²) in [4.78, 5) is 0. The summed E-state index contributed by atoms with van der Waals surface area (Å²) in [6.07, 6.45) is 9.72. The molecule has 0 saturated carbocycles. The third-order valence-corrected chi connectivity index (χ3v) is 3.72. The van der Waals surface area contributed by atoms with E-state index in [9.17, 15) is 0 Å². The molecule has 0 aromatic heterocycles. The number of hydrogen-bond acceptors (Lipinski definition) is 2. The lowest BCUT2D eigenvalue weighted by Crippen LogP contribution is -2.31. The van der Waals surface area contributed by atoms with Crippen molar-refractivity contribution in [1.29, 1.82) is 0 Å². The van der Waals surface area contributed by atoms with Crippen molar-refractivity contribution in [3.63, 3.8) is 0 Å². The molecular formula is C15H29NO.